The van der Waals surface area contributed by atoms with Crippen molar-refractivity contribution >= 4 is 10.0 Å². The Morgan fingerprint density at radius 1 is 1.04 bits per heavy atom. The summed E-state index contributed by atoms with van der Waals surface area (Å²) in [5.41, 5.74) is 2.27. The second kappa shape index (κ2) is 6.83. The summed E-state index contributed by atoms with van der Waals surface area (Å²) < 4.78 is 38.7. The molecule has 0 aliphatic heterocycles. The lowest BCUT2D eigenvalue weighted by atomic mass is 9.88. The Hall–Kier alpha value is -2.05. The molecule has 6 heteroatoms. The molecule has 0 unspecified atom stereocenters. The summed E-state index contributed by atoms with van der Waals surface area (Å²) in [7, 11) is -0.643. The predicted octanol–water partition coefficient (Wildman–Crippen LogP) is 3.06. The molecule has 0 saturated heterocycles. The zero-order valence-corrected chi connectivity index (χ0v) is 14.6. The summed E-state index contributed by atoms with van der Waals surface area (Å²) in [6.07, 6.45) is 2.75. The maximum atomic E-state index is 12.8. The molecule has 0 saturated carbocycles. The fraction of sp³-hybridized carbons (Fsp3) is 0.333. The van der Waals surface area contributed by atoms with Crippen LogP contribution >= 0.6 is 0 Å². The number of nitrogens with one attached hydrogen (secondary N) is 1. The van der Waals surface area contributed by atoms with Crippen molar-refractivity contribution in [2.24, 2.45) is 0 Å². The van der Waals surface area contributed by atoms with Crippen LogP contribution in [-0.2, 0) is 16.4 Å². The summed E-state index contributed by atoms with van der Waals surface area (Å²) in [4.78, 5) is 0.170. The first-order valence-corrected chi connectivity index (χ1v) is 9.35. The van der Waals surface area contributed by atoms with Gasteiger partial charge in [-0.3, -0.25) is 0 Å². The predicted molar refractivity (Wildman–Crippen MR) is 92.0 cm³/mol. The van der Waals surface area contributed by atoms with E-state index in [9.17, 15) is 8.42 Å². The average molecular weight is 347 g/mol. The van der Waals surface area contributed by atoms with Gasteiger partial charge >= 0.3 is 0 Å². The van der Waals surface area contributed by atoms with Gasteiger partial charge in [0.05, 0.1) is 19.1 Å². The Morgan fingerprint density at radius 3 is 2.54 bits per heavy atom. The van der Waals surface area contributed by atoms with E-state index in [1.165, 1.54) is 31.9 Å². The van der Waals surface area contributed by atoms with E-state index < -0.39 is 10.0 Å². The minimum atomic E-state index is -3.65. The summed E-state index contributed by atoms with van der Waals surface area (Å²) >= 11 is 0. The monoisotopic (exact) mass is 347 g/mol. The zero-order valence-electron chi connectivity index (χ0n) is 13.8. The molecular weight excluding hydrogens is 326 g/mol. The Labute approximate surface area is 142 Å². The Morgan fingerprint density at radius 2 is 1.79 bits per heavy atom. The number of sulfonamides is 1. The fourth-order valence-corrected chi connectivity index (χ4v) is 4.38. The van der Waals surface area contributed by atoms with Crippen LogP contribution in [0.4, 0.5) is 0 Å². The van der Waals surface area contributed by atoms with E-state index in [4.69, 9.17) is 9.47 Å². The topological polar surface area (TPSA) is 64.6 Å². The van der Waals surface area contributed by atoms with Gasteiger partial charge in [0.15, 0.2) is 11.5 Å². The van der Waals surface area contributed by atoms with Crippen molar-refractivity contribution in [3.8, 4) is 11.5 Å². The quantitative estimate of drug-likeness (QED) is 0.903. The first-order chi connectivity index (χ1) is 11.5. The molecule has 1 aliphatic rings. The molecule has 3 rings (SSSR count). The van der Waals surface area contributed by atoms with Crippen molar-refractivity contribution in [3.63, 3.8) is 0 Å². The summed E-state index contributed by atoms with van der Waals surface area (Å²) in [6, 6.07) is 12.4. The number of ether oxygens (including phenoxy) is 2. The molecule has 24 heavy (non-hydrogen) atoms. The maximum Gasteiger partial charge on any atom is 0.241 e. The molecule has 1 N–H and O–H groups in total. The lowest BCUT2D eigenvalue weighted by molar-refractivity contribution is 0.354. The van der Waals surface area contributed by atoms with Gasteiger partial charge in [0.2, 0.25) is 10.0 Å². The zero-order chi connectivity index (χ0) is 17.2. The molecule has 0 aromatic heterocycles. The number of rotatable bonds is 5. The van der Waals surface area contributed by atoms with Gasteiger partial charge in [-0.25, -0.2) is 13.1 Å². The number of fused-ring (bicyclic) bond motifs is 1. The smallest absolute Gasteiger partial charge is 0.241 e. The van der Waals surface area contributed by atoms with Crippen molar-refractivity contribution < 1.29 is 17.9 Å². The van der Waals surface area contributed by atoms with Crippen LogP contribution in [0.3, 0.4) is 0 Å². The van der Waals surface area contributed by atoms with Gasteiger partial charge in [-0.2, -0.15) is 0 Å². The van der Waals surface area contributed by atoms with Gasteiger partial charge in [-0.1, -0.05) is 24.3 Å². The molecular formula is C18H21NO4S. The number of hydrogen-bond donors (Lipinski definition) is 1. The van der Waals surface area contributed by atoms with Crippen molar-refractivity contribution in [2.45, 2.75) is 30.2 Å². The van der Waals surface area contributed by atoms with Crippen LogP contribution in [0.2, 0.25) is 0 Å². The lowest BCUT2D eigenvalue weighted by Gasteiger charge is -2.26. The molecule has 5 nitrogen and oxygen atoms in total. The first kappa shape index (κ1) is 16.8. The molecule has 2 aromatic carbocycles. The average Bonchev–Trinajstić information content (AvgIpc) is 2.61. The fourth-order valence-electron chi connectivity index (χ4n) is 3.12. The van der Waals surface area contributed by atoms with Crippen molar-refractivity contribution in [2.75, 3.05) is 14.2 Å². The molecule has 2 aromatic rings. The SMILES string of the molecule is COc1ccc(S(=O)(=O)N[C@@H]2CCCc3ccccc32)cc1OC. The van der Waals surface area contributed by atoms with Gasteiger partial charge in [0, 0.05) is 12.1 Å². The second-order valence-corrected chi connectivity index (χ2v) is 7.50. The highest BCUT2D eigenvalue weighted by Crippen LogP contribution is 2.33. The molecule has 0 amide bonds. The van der Waals surface area contributed by atoms with E-state index in [2.05, 4.69) is 10.8 Å². The highest BCUT2D eigenvalue weighted by atomic mass is 32.2. The largest absolute Gasteiger partial charge is 0.493 e. The Bertz CT molecular complexity index is 833. The second-order valence-electron chi connectivity index (χ2n) is 5.78. The molecule has 0 spiro atoms. The molecule has 0 fully saturated rings. The number of methoxy groups -OCH3 is 2. The van der Waals surface area contributed by atoms with Crippen LogP contribution in [-0.4, -0.2) is 22.6 Å². The molecule has 1 aliphatic carbocycles. The maximum absolute atomic E-state index is 12.8. The summed E-state index contributed by atoms with van der Waals surface area (Å²) in [5, 5.41) is 0. The summed E-state index contributed by atoms with van der Waals surface area (Å²) in [6.45, 7) is 0. The Kier molecular flexibility index (Phi) is 4.78. The van der Waals surface area contributed by atoms with Gasteiger partial charge in [-0.15, -0.1) is 0 Å². The number of aryl methyl sites for hydroxylation is 1. The van der Waals surface area contributed by atoms with Crippen molar-refractivity contribution in [3.05, 3.63) is 53.6 Å². The van der Waals surface area contributed by atoms with Gasteiger partial charge in [0.1, 0.15) is 0 Å². The molecule has 0 radical (unpaired) electrons. The van der Waals surface area contributed by atoms with Crippen LogP contribution in [0.5, 0.6) is 11.5 Å². The van der Waals surface area contributed by atoms with Crippen molar-refractivity contribution in [1.82, 2.24) is 4.72 Å². The highest BCUT2D eigenvalue weighted by molar-refractivity contribution is 7.89. The molecule has 128 valence electrons. The van der Waals surface area contributed by atoms with E-state index in [0.29, 0.717) is 11.5 Å². The normalized spacial score (nSPS) is 17.2. The van der Waals surface area contributed by atoms with Crippen LogP contribution in [0, 0.1) is 0 Å². The molecule has 0 bridgehead atoms. The van der Waals surface area contributed by atoms with Crippen LogP contribution in [0.15, 0.2) is 47.4 Å². The van der Waals surface area contributed by atoms with E-state index in [1.807, 2.05) is 18.2 Å². The van der Waals surface area contributed by atoms with E-state index in [1.54, 1.807) is 6.07 Å². The highest BCUT2D eigenvalue weighted by Gasteiger charge is 2.26. The molecule has 1 atom stereocenters. The number of hydrogen-bond acceptors (Lipinski definition) is 4. The van der Waals surface area contributed by atoms with Crippen LogP contribution in [0.25, 0.3) is 0 Å². The van der Waals surface area contributed by atoms with Crippen LogP contribution in [0.1, 0.15) is 30.0 Å². The van der Waals surface area contributed by atoms with Crippen LogP contribution < -0.4 is 14.2 Å². The Balaban J connectivity index is 1.90. The van der Waals surface area contributed by atoms with Gasteiger partial charge in [0.25, 0.3) is 0 Å². The van der Waals surface area contributed by atoms with E-state index >= 15 is 0 Å². The van der Waals surface area contributed by atoms with Gasteiger partial charge < -0.3 is 9.47 Å². The molecule has 0 heterocycles. The number of benzene rings is 2. The lowest BCUT2D eigenvalue weighted by Crippen LogP contribution is -2.31. The third kappa shape index (κ3) is 3.25. The summed E-state index contributed by atoms with van der Waals surface area (Å²) in [5.74, 6) is 0.892. The van der Waals surface area contributed by atoms with E-state index in [-0.39, 0.29) is 10.9 Å². The minimum absolute atomic E-state index is 0.170. The third-order valence-electron chi connectivity index (χ3n) is 4.33. The van der Waals surface area contributed by atoms with Gasteiger partial charge in [-0.05, 0) is 42.5 Å². The van der Waals surface area contributed by atoms with Crippen molar-refractivity contribution in [1.29, 1.82) is 0 Å². The first-order valence-electron chi connectivity index (χ1n) is 7.87. The minimum Gasteiger partial charge on any atom is -0.493 e. The third-order valence-corrected chi connectivity index (χ3v) is 5.80. The van der Waals surface area contributed by atoms with E-state index in [0.717, 1.165) is 24.8 Å². The standard InChI is InChI=1S/C18H21NO4S/c1-22-17-11-10-14(12-18(17)23-2)24(20,21)19-16-9-5-7-13-6-3-4-8-15(13)16/h3-4,6,8,10-12,16,19H,5,7,9H2,1-2H3/t16-/m1/s1.